The van der Waals surface area contributed by atoms with Crippen molar-refractivity contribution in [2.75, 3.05) is 25.6 Å². The Bertz CT molecular complexity index is 838. The van der Waals surface area contributed by atoms with Crippen LogP contribution in [0.25, 0.3) is 0 Å². The SMILES string of the molecule is C=CCN1C(=O)c2ccccc2NC1c1cc(Cl)c(OCC)c(OC)c1. The van der Waals surface area contributed by atoms with Crippen LogP contribution in [0.2, 0.25) is 5.02 Å². The fraction of sp³-hybridized carbons (Fsp3) is 0.250. The number of fused-ring (bicyclic) bond motifs is 1. The maximum Gasteiger partial charge on any atom is 0.258 e. The lowest BCUT2D eigenvalue weighted by Gasteiger charge is -2.37. The van der Waals surface area contributed by atoms with Gasteiger partial charge in [0.15, 0.2) is 11.5 Å². The van der Waals surface area contributed by atoms with Crippen LogP contribution in [-0.4, -0.2) is 31.1 Å². The van der Waals surface area contributed by atoms with Gasteiger partial charge in [0, 0.05) is 17.8 Å². The summed E-state index contributed by atoms with van der Waals surface area (Å²) in [5.74, 6) is 0.965. The number of halogens is 1. The number of methoxy groups -OCH3 is 1. The molecule has 6 heteroatoms. The van der Waals surface area contributed by atoms with Gasteiger partial charge in [-0.15, -0.1) is 6.58 Å². The van der Waals surface area contributed by atoms with Gasteiger partial charge < -0.3 is 19.7 Å². The summed E-state index contributed by atoms with van der Waals surface area (Å²) in [6, 6.07) is 11.1. The van der Waals surface area contributed by atoms with Crippen molar-refractivity contribution in [2.45, 2.75) is 13.1 Å². The Morgan fingerprint density at radius 3 is 2.81 bits per heavy atom. The number of carbonyl (C=O) groups excluding carboxylic acids is 1. The third kappa shape index (κ3) is 3.22. The lowest BCUT2D eigenvalue weighted by Crippen LogP contribution is -2.43. The van der Waals surface area contributed by atoms with Gasteiger partial charge in [0.05, 0.1) is 24.3 Å². The molecule has 1 N–H and O–H groups in total. The van der Waals surface area contributed by atoms with E-state index in [0.29, 0.717) is 35.2 Å². The Labute approximate surface area is 158 Å². The smallest absolute Gasteiger partial charge is 0.258 e. The minimum Gasteiger partial charge on any atom is -0.493 e. The molecule has 0 aromatic heterocycles. The van der Waals surface area contributed by atoms with Gasteiger partial charge >= 0.3 is 0 Å². The van der Waals surface area contributed by atoms with Gasteiger partial charge in [0.1, 0.15) is 6.17 Å². The highest BCUT2D eigenvalue weighted by atomic mass is 35.5. The van der Waals surface area contributed by atoms with E-state index in [1.54, 1.807) is 24.2 Å². The van der Waals surface area contributed by atoms with Crippen molar-refractivity contribution in [3.8, 4) is 11.5 Å². The van der Waals surface area contributed by atoms with Gasteiger partial charge in [-0.3, -0.25) is 4.79 Å². The highest BCUT2D eigenvalue weighted by Gasteiger charge is 2.33. The van der Waals surface area contributed by atoms with E-state index in [-0.39, 0.29) is 5.91 Å². The molecule has 0 saturated heterocycles. The van der Waals surface area contributed by atoms with Crippen molar-refractivity contribution in [2.24, 2.45) is 0 Å². The number of nitrogens with zero attached hydrogens (tertiary/aromatic N) is 1. The fourth-order valence-corrected chi connectivity index (χ4v) is 3.34. The zero-order chi connectivity index (χ0) is 18.7. The third-order valence-electron chi connectivity index (χ3n) is 4.20. The first-order valence-corrected chi connectivity index (χ1v) is 8.76. The molecule has 2 aromatic carbocycles. The molecule has 1 aliphatic heterocycles. The first kappa shape index (κ1) is 18.1. The van der Waals surface area contributed by atoms with Crippen molar-refractivity contribution >= 4 is 23.2 Å². The number of ether oxygens (including phenoxy) is 2. The summed E-state index contributed by atoms with van der Waals surface area (Å²) in [7, 11) is 1.56. The number of rotatable bonds is 6. The number of carbonyl (C=O) groups is 1. The van der Waals surface area contributed by atoms with Crippen LogP contribution in [0, 0.1) is 0 Å². The standard InChI is InChI=1S/C20H21ClN2O3/c1-4-10-23-19(22-16-9-7-6-8-14(16)20(23)24)13-11-15(21)18(26-5-2)17(12-13)25-3/h4,6-9,11-12,19,22H,1,5,10H2,2-3H3. The molecule has 0 spiro atoms. The molecule has 1 unspecified atom stereocenters. The van der Waals surface area contributed by atoms with Gasteiger partial charge in [-0.1, -0.05) is 29.8 Å². The molecular weight excluding hydrogens is 352 g/mol. The van der Waals surface area contributed by atoms with Crippen LogP contribution < -0.4 is 14.8 Å². The summed E-state index contributed by atoms with van der Waals surface area (Å²) >= 11 is 6.42. The minimum atomic E-state index is -0.391. The van der Waals surface area contributed by atoms with E-state index in [1.807, 2.05) is 37.3 Å². The van der Waals surface area contributed by atoms with Gasteiger partial charge in [-0.2, -0.15) is 0 Å². The molecule has 0 bridgehead atoms. The Morgan fingerprint density at radius 2 is 2.12 bits per heavy atom. The summed E-state index contributed by atoms with van der Waals surface area (Å²) in [4.78, 5) is 14.7. The number of para-hydroxylation sites is 1. The maximum atomic E-state index is 12.9. The second-order valence-electron chi connectivity index (χ2n) is 5.81. The van der Waals surface area contributed by atoms with Gasteiger partial charge in [-0.05, 0) is 31.2 Å². The highest BCUT2D eigenvalue weighted by molar-refractivity contribution is 6.32. The first-order valence-electron chi connectivity index (χ1n) is 8.38. The molecule has 1 amide bonds. The zero-order valence-electron chi connectivity index (χ0n) is 14.8. The number of amides is 1. The first-order chi connectivity index (χ1) is 12.6. The van der Waals surface area contributed by atoms with Crippen molar-refractivity contribution in [3.63, 3.8) is 0 Å². The van der Waals surface area contributed by atoms with E-state index < -0.39 is 6.17 Å². The number of hydrogen-bond acceptors (Lipinski definition) is 4. The van der Waals surface area contributed by atoms with E-state index in [9.17, 15) is 4.79 Å². The normalized spacial score (nSPS) is 15.9. The number of benzene rings is 2. The molecule has 1 heterocycles. The molecular formula is C20H21ClN2O3. The van der Waals surface area contributed by atoms with Crippen molar-refractivity contribution in [3.05, 3.63) is 65.2 Å². The van der Waals surface area contributed by atoms with E-state index in [1.165, 1.54) is 0 Å². The average Bonchev–Trinajstić information content (AvgIpc) is 2.65. The largest absolute Gasteiger partial charge is 0.493 e. The fourth-order valence-electron chi connectivity index (χ4n) is 3.07. The molecule has 0 saturated carbocycles. The molecule has 2 aromatic rings. The molecule has 136 valence electrons. The highest BCUT2D eigenvalue weighted by Crippen LogP contribution is 2.41. The third-order valence-corrected chi connectivity index (χ3v) is 4.48. The number of anilines is 1. The van der Waals surface area contributed by atoms with Crippen LogP contribution >= 0.6 is 11.6 Å². The Morgan fingerprint density at radius 1 is 1.35 bits per heavy atom. The van der Waals surface area contributed by atoms with Gasteiger partial charge in [-0.25, -0.2) is 0 Å². The van der Waals surface area contributed by atoms with Gasteiger partial charge in [0.2, 0.25) is 0 Å². The van der Waals surface area contributed by atoms with Crippen LogP contribution in [0.1, 0.15) is 29.0 Å². The summed E-state index contributed by atoms with van der Waals surface area (Å²) in [5.41, 5.74) is 2.22. The van der Waals surface area contributed by atoms with Crippen molar-refractivity contribution in [1.82, 2.24) is 4.90 Å². The summed E-state index contributed by atoms with van der Waals surface area (Å²) in [5, 5.41) is 3.85. The number of nitrogens with one attached hydrogen (secondary N) is 1. The van der Waals surface area contributed by atoms with E-state index in [0.717, 1.165) is 11.3 Å². The molecule has 0 radical (unpaired) electrons. The second-order valence-corrected chi connectivity index (χ2v) is 6.21. The Kier molecular flexibility index (Phi) is 5.38. The lowest BCUT2D eigenvalue weighted by atomic mass is 10.0. The van der Waals surface area contributed by atoms with E-state index in [4.69, 9.17) is 21.1 Å². The topological polar surface area (TPSA) is 50.8 Å². The van der Waals surface area contributed by atoms with Crippen LogP contribution in [0.3, 0.4) is 0 Å². The Balaban J connectivity index is 2.08. The predicted molar refractivity (Wildman–Crippen MR) is 103 cm³/mol. The number of hydrogen-bond donors (Lipinski definition) is 1. The second kappa shape index (κ2) is 7.70. The summed E-state index contributed by atoms with van der Waals surface area (Å²) in [6.45, 7) is 6.53. The molecule has 0 fully saturated rings. The molecule has 26 heavy (non-hydrogen) atoms. The maximum absolute atomic E-state index is 12.9. The zero-order valence-corrected chi connectivity index (χ0v) is 15.5. The average molecular weight is 373 g/mol. The van der Waals surface area contributed by atoms with Crippen LogP contribution in [0.5, 0.6) is 11.5 Å². The Hall–Kier alpha value is -2.66. The van der Waals surface area contributed by atoms with Gasteiger partial charge in [0.25, 0.3) is 5.91 Å². The summed E-state index contributed by atoms with van der Waals surface area (Å²) < 4.78 is 11.0. The van der Waals surface area contributed by atoms with Crippen molar-refractivity contribution in [1.29, 1.82) is 0 Å². The predicted octanol–water partition coefficient (Wildman–Crippen LogP) is 4.50. The molecule has 1 atom stereocenters. The monoisotopic (exact) mass is 372 g/mol. The lowest BCUT2D eigenvalue weighted by molar-refractivity contribution is 0.0707. The molecule has 3 rings (SSSR count). The molecule has 5 nitrogen and oxygen atoms in total. The molecule has 0 aliphatic carbocycles. The summed E-state index contributed by atoms with van der Waals surface area (Å²) in [6.07, 6.45) is 1.31. The quantitative estimate of drug-likeness (QED) is 0.758. The minimum absolute atomic E-state index is 0.0618. The molecule has 1 aliphatic rings. The van der Waals surface area contributed by atoms with E-state index >= 15 is 0 Å². The van der Waals surface area contributed by atoms with E-state index in [2.05, 4.69) is 11.9 Å². The van der Waals surface area contributed by atoms with Crippen LogP contribution in [-0.2, 0) is 0 Å². The van der Waals surface area contributed by atoms with Crippen LogP contribution in [0.4, 0.5) is 5.69 Å². The van der Waals surface area contributed by atoms with Crippen molar-refractivity contribution < 1.29 is 14.3 Å². The van der Waals surface area contributed by atoms with Crippen LogP contribution in [0.15, 0.2) is 49.1 Å².